The summed E-state index contributed by atoms with van der Waals surface area (Å²) in [5, 5.41) is 0. The van der Waals surface area contributed by atoms with Crippen molar-refractivity contribution in [3.63, 3.8) is 0 Å². The minimum Gasteiger partial charge on any atom is -0.467 e. The van der Waals surface area contributed by atoms with Crippen LogP contribution < -0.4 is 0 Å². The normalized spacial score (nSPS) is 24.3. The molecule has 0 aromatic carbocycles. The van der Waals surface area contributed by atoms with Gasteiger partial charge >= 0.3 is 18.0 Å². The van der Waals surface area contributed by atoms with E-state index in [2.05, 4.69) is 0 Å². The highest BCUT2D eigenvalue weighted by Gasteiger charge is 2.63. The van der Waals surface area contributed by atoms with Gasteiger partial charge in [0.15, 0.2) is 6.04 Å². The number of methoxy groups -OCH3 is 1. The zero-order chi connectivity index (χ0) is 20.6. The monoisotopic (exact) mass is 384 g/mol. The van der Waals surface area contributed by atoms with Crippen molar-refractivity contribution >= 4 is 23.9 Å². The molecule has 2 saturated heterocycles. The molecule has 0 saturated carbocycles. The van der Waals surface area contributed by atoms with E-state index in [0.29, 0.717) is 19.4 Å². The van der Waals surface area contributed by atoms with Gasteiger partial charge < -0.3 is 19.1 Å². The molecule has 2 amide bonds. The molecular formula is C18H28N2O7. The van der Waals surface area contributed by atoms with Crippen LogP contribution in [-0.2, 0) is 28.6 Å². The number of hydrogen-bond donors (Lipinski definition) is 0. The van der Waals surface area contributed by atoms with Crippen molar-refractivity contribution in [3.05, 3.63) is 0 Å². The molecule has 0 aliphatic carbocycles. The maximum absolute atomic E-state index is 13.0. The Morgan fingerprint density at radius 2 is 1.85 bits per heavy atom. The molecule has 2 aliphatic heterocycles. The first-order valence-corrected chi connectivity index (χ1v) is 8.99. The molecule has 3 atom stereocenters. The molecule has 2 fully saturated rings. The van der Waals surface area contributed by atoms with Gasteiger partial charge in [0.1, 0.15) is 17.2 Å². The summed E-state index contributed by atoms with van der Waals surface area (Å²) in [6, 6.07) is -1.06. The maximum Gasteiger partial charge on any atom is 0.411 e. The van der Waals surface area contributed by atoms with Crippen molar-refractivity contribution in [2.45, 2.75) is 70.7 Å². The lowest BCUT2D eigenvalue weighted by Crippen LogP contribution is -2.76. The van der Waals surface area contributed by atoms with E-state index in [1.165, 1.54) is 30.8 Å². The van der Waals surface area contributed by atoms with Crippen LogP contribution in [0, 0.1) is 0 Å². The Kier molecular flexibility index (Phi) is 5.72. The fourth-order valence-electron chi connectivity index (χ4n) is 3.69. The Balaban J connectivity index is 2.19. The minimum atomic E-state index is -1.06. The number of nitrogens with zero attached hydrogens (tertiary/aromatic N) is 2. The van der Waals surface area contributed by atoms with Crippen LogP contribution in [0.4, 0.5) is 4.79 Å². The van der Waals surface area contributed by atoms with Crippen LogP contribution in [0.5, 0.6) is 0 Å². The largest absolute Gasteiger partial charge is 0.467 e. The lowest BCUT2D eigenvalue weighted by molar-refractivity contribution is -0.181. The highest BCUT2D eigenvalue weighted by Crippen LogP contribution is 2.41. The van der Waals surface area contributed by atoms with Gasteiger partial charge in [-0.1, -0.05) is 0 Å². The summed E-state index contributed by atoms with van der Waals surface area (Å²) >= 11 is 0. The number of rotatable bonds is 4. The van der Waals surface area contributed by atoms with E-state index >= 15 is 0 Å². The van der Waals surface area contributed by atoms with Gasteiger partial charge in [-0.25, -0.2) is 9.59 Å². The number of likely N-dealkylation sites (tertiary alicyclic amines) is 2. The molecule has 2 rings (SSSR count). The van der Waals surface area contributed by atoms with Gasteiger partial charge in [-0.15, -0.1) is 0 Å². The van der Waals surface area contributed by atoms with Gasteiger partial charge in [0.05, 0.1) is 13.7 Å². The molecule has 0 bridgehead atoms. The SMILES string of the molecule is COC(=O)C(C(C)OC(C)=O)N1CC2(CCCN2C(=O)OC(C)(C)C)C1=O. The van der Waals surface area contributed by atoms with Crippen molar-refractivity contribution in [1.29, 1.82) is 0 Å². The van der Waals surface area contributed by atoms with Gasteiger partial charge in [-0.3, -0.25) is 14.5 Å². The number of carbonyl (C=O) groups excluding carboxylic acids is 4. The van der Waals surface area contributed by atoms with E-state index in [-0.39, 0.29) is 12.5 Å². The highest BCUT2D eigenvalue weighted by atomic mass is 16.6. The first-order chi connectivity index (χ1) is 12.4. The smallest absolute Gasteiger partial charge is 0.411 e. The van der Waals surface area contributed by atoms with Gasteiger partial charge in [0, 0.05) is 13.5 Å². The Labute approximate surface area is 158 Å². The average Bonchev–Trinajstić information content (AvgIpc) is 2.98. The van der Waals surface area contributed by atoms with Crippen molar-refractivity contribution in [1.82, 2.24) is 9.80 Å². The molecular weight excluding hydrogens is 356 g/mol. The van der Waals surface area contributed by atoms with Gasteiger partial charge in [-0.05, 0) is 40.5 Å². The summed E-state index contributed by atoms with van der Waals surface area (Å²) < 4.78 is 15.3. The third-order valence-corrected chi connectivity index (χ3v) is 4.77. The molecule has 2 aliphatic rings. The molecule has 152 valence electrons. The van der Waals surface area contributed by atoms with E-state index in [9.17, 15) is 19.2 Å². The third kappa shape index (κ3) is 4.01. The number of β-lactam (4-membered cyclic amide) rings is 1. The number of amides is 2. The second kappa shape index (κ2) is 7.36. The average molecular weight is 384 g/mol. The van der Waals surface area contributed by atoms with Crippen LogP contribution in [0.25, 0.3) is 0 Å². The van der Waals surface area contributed by atoms with Crippen LogP contribution in [0.1, 0.15) is 47.5 Å². The van der Waals surface area contributed by atoms with Crippen molar-refractivity contribution in [2.75, 3.05) is 20.2 Å². The predicted octanol–water partition coefficient (Wildman–Crippen LogP) is 1.09. The number of hydrogen-bond acceptors (Lipinski definition) is 7. The summed E-state index contributed by atoms with van der Waals surface area (Å²) in [7, 11) is 1.21. The van der Waals surface area contributed by atoms with E-state index in [0.717, 1.165) is 0 Å². The minimum absolute atomic E-state index is 0.163. The molecule has 2 heterocycles. The first kappa shape index (κ1) is 21.0. The van der Waals surface area contributed by atoms with Crippen LogP contribution in [0.15, 0.2) is 0 Å². The van der Waals surface area contributed by atoms with E-state index in [1.54, 1.807) is 20.8 Å². The molecule has 0 aromatic heterocycles. The number of carbonyl (C=O) groups is 4. The summed E-state index contributed by atoms with van der Waals surface area (Å²) in [5.41, 5.74) is -1.68. The topological polar surface area (TPSA) is 102 Å². The molecule has 9 heteroatoms. The van der Waals surface area contributed by atoms with Crippen LogP contribution in [0.3, 0.4) is 0 Å². The Hall–Kier alpha value is -2.32. The fraction of sp³-hybridized carbons (Fsp3) is 0.778. The van der Waals surface area contributed by atoms with Crippen LogP contribution in [0.2, 0.25) is 0 Å². The van der Waals surface area contributed by atoms with Gasteiger partial charge in [-0.2, -0.15) is 0 Å². The number of esters is 2. The van der Waals surface area contributed by atoms with E-state index < -0.39 is 41.3 Å². The van der Waals surface area contributed by atoms with Crippen LogP contribution in [-0.4, -0.2) is 77.2 Å². The standard InChI is InChI=1S/C18H28N2O7/c1-11(26-12(2)21)13(14(22)25-6)19-10-18(15(19)23)8-7-9-20(18)16(24)27-17(3,4)5/h11,13H,7-10H2,1-6H3. The zero-order valence-corrected chi connectivity index (χ0v) is 16.7. The van der Waals surface area contributed by atoms with Gasteiger partial charge in [0.25, 0.3) is 5.91 Å². The number of ether oxygens (including phenoxy) is 3. The molecule has 0 aromatic rings. The third-order valence-electron chi connectivity index (χ3n) is 4.77. The highest BCUT2D eigenvalue weighted by molar-refractivity contribution is 5.99. The van der Waals surface area contributed by atoms with Crippen molar-refractivity contribution in [3.8, 4) is 0 Å². The first-order valence-electron chi connectivity index (χ1n) is 8.99. The molecule has 0 radical (unpaired) electrons. The lowest BCUT2D eigenvalue weighted by atomic mass is 9.83. The molecule has 27 heavy (non-hydrogen) atoms. The molecule has 1 spiro atoms. The van der Waals surface area contributed by atoms with E-state index in [1.807, 2.05) is 0 Å². The van der Waals surface area contributed by atoms with Gasteiger partial charge in [0.2, 0.25) is 0 Å². The van der Waals surface area contributed by atoms with Crippen LogP contribution >= 0.6 is 0 Å². The Morgan fingerprint density at radius 3 is 2.33 bits per heavy atom. The summed E-state index contributed by atoms with van der Waals surface area (Å²) in [5.74, 6) is -1.59. The summed E-state index contributed by atoms with van der Waals surface area (Å²) in [6.45, 7) is 8.62. The quantitative estimate of drug-likeness (QED) is 0.406. The molecule has 0 N–H and O–H groups in total. The van der Waals surface area contributed by atoms with E-state index in [4.69, 9.17) is 14.2 Å². The Morgan fingerprint density at radius 1 is 1.22 bits per heavy atom. The fourth-order valence-corrected chi connectivity index (χ4v) is 3.69. The zero-order valence-electron chi connectivity index (χ0n) is 16.7. The summed E-state index contributed by atoms with van der Waals surface area (Å²) in [4.78, 5) is 51.8. The predicted molar refractivity (Wildman–Crippen MR) is 93.7 cm³/mol. The maximum atomic E-state index is 13.0. The van der Waals surface area contributed by atoms with Crippen molar-refractivity contribution in [2.24, 2.45) is 0 Å². The Bertz CT molecular complexity index is 642. The second-order valence-electron chi connectivity index (χ2n) is 7.98. The molecule has 3 unspecified atom stereocenters. The summed E-state index contributed by atoms with van der Waals surface area (Å²) in [6.07, 6.45) is -0.248. The lowest BCUT2D eigenvalue weighted by Gasteiger charge is -2.53. The molecule has 9 nitrogen and oxygen atoms in total. The van der Waals surface area contributed by atoms with Crippen molar-refractivity contribution < 1.29 is 33.4 Å². The second-order valence-corrected chi connectivity index (χ2v) is 7.98.